The fourth-order valence-electron chi connectivity index (χ4n) is 3.27. The van der Waals surface area contributed by atoms with Gasteiger partial charge in [-0.05, 0) is 25.0 Å². The Labute approximate surface area is 119 Å². The molecular formula is C18H18O2. The Morgan fingerprint density at radius 1 is 0.650 bits per heavy atom. The summed E-state index contributed by atoms with van der Waals surface area (Å²) in [4.78, 5) is 0. The van der Waals surface area contributed by atoms with Crippen molar-refractivity contribution in [1.82, 2.24) is 0 Å². The highest BCUT2D eigenvalue weighted by atomic mass is 16.7. The van der Waals surface area contributed by atoms with Crippen LogP contribution in [0.1, 0.15) is 32.1 Å². The minimum atomic E-state index is -0.471. The predicted octanol–water partition coefficient (Wildman–Crippen LogP) is 4.79. The Kier molecular flexibility index (Phi) is 2.69. The second kappa shape index (κ2) is 4.55. The molecule has 0 saturated heterocycles. The molecule has 2 aromatic rings. The van der Waals surface area contributed by atoms with E-state index in [4.69, 9.17) is 9.47 Å². The third-order valence-electron chi connectivity index (χ3n) is 4.27. The van der Waals surface area contributed by atoms with Crippen molar-refractivity contribution in [3.05, 3.63) is 48.5 Å². The summed E-state index contributed by atoms with van der Waals surface area (Å²) in [5.41, 5.74) is 2.26. The van der Waals surface area contributed by atoms with Gasteiger partial charge in [-0.15, -0.1) is 0 Å². The molecule has 0 radical (unpaired) electrons. The molecule has 2 heteroatoms. The first kappa shape index (κ1) is 11.8. The normalized spacial score (nSPS) is 19.2. The van der Waals surface area contributed by atoms with Crippen molar-refractivity contribution in [2.75, 3.05) is 0 Å². The van der Waals surface area contributed by atoms with Crippen LogP contribution in [0, 0.1) is 0 Å². The first-order chi connectivity index (χ1) is 9.86. The van der Waals surface area contributed by atoms with Crippen molar-refractivity contribution in [2.45, 2.75) is 37.9 Å². The van der Waals surface area contributed by atoms with Gasteiger partial charge in [0.1, 0.15) is 11.5 Å². The monoisotopic (exact) mass is 266 g/mol. The highest BCUT2D eigenvalue weighted by Gasteiger charge is 2.39. The third-order valence-corrected chi connectivity index (χ3v) is 4.27. The second-order valence-electron chi connectivity index (χ2n) is 5.67. The number of ether oxygens (including phenoxy) is 2. The van der Waals surface area contributed by atoms with Crippen molar-refractivity contribution in [1.29, 1.82) is 0 Å². The summed E-state index contributed by atoms with van der Waals surface area (Å²) in [5.74, 6) is 1.42. The van der Waals surface area contributed by atoms with E-state index >= 15 is 0 Å². The van der Waals surface area contributed by atoms with Crippen LogP contribution in [0.3, 0.4) is 0 Å². The smallest absolute Gasteiger partial charge is 0.251 e. The quantitative estimate of drug-likeness (QED) is 0.683. The van der Waals surface area contributed by atoms with Gasteiger partial charge in [-0.1, -0.05) is 42.8 Å². The van der Waals surface area contributed by atoms with E-state index in [0.29, 0.717) is 0 Å². The van der Waals surface area contributed by atoms with Gasteiger partial charge in [0.2, 0.25) is 0 Å². The molecule has 4 rings (SSSR count). The van der Waals surface area contributed by atoms with Crippen LogP contribution in [-0.2, 0) is 0 Å². The lowest BCUT2D eigenvalue weighted by Gasteiger charge is -2.36. The van der Waals surface area contributed by atoms with E-state index in [1.165, 1.54) is 19.3 Å². The number of para-hydroxylation sites is 2. The van der Waals surface area contributed by atoms with E-state index in [1.807, 2.05) is 12.1 Å². The SMILES string of the molecule is c1ccc2c(c1)OC1(CCCCC1)Oc1ccccc1-2. The Morgan fingerprint density at radius 2 is 1.15 bits per heavy atom. The number of fused-ring (bicyclic) bond motifs is 3. The zero-order valence-corrected chi connectivity index (χ0v) is 11.5. The van der Waals surface area contributed by atoms with E-state index in [-0.39, 0.29) is 0 Å². The fourth-order valence-corrected chi connectivity index (χ4v) is 3.27. The minimum absolute atomic E-state index is 0.471. The second-order valence-corrected chi connectivity index (χ2v) is 5.67. The molecule has 1 heterocycles. The first-order valence-corrected chi connectivity index (χ1v) is 7.43. The summed E-state index contributed by atoms with van der Waals surface area (Å²) in [7, 11) is 0. The van der Waals surface area contributed by atoms with E-state index < -0.39 is 5.79 Å². The van der Waals surface area contributed by atoms with Gasteiger partial charge in [-0.2, -0.15) is 0 Å². The van der Waals surface area contributed by atoms with Gasteiger partial charge < -0.3 is 9.47 Å². The highest BCUT2D eigenvalue weighted by Crippen LogP contribution is 2.45. The van der Waals surface area contributed by atoms with Crippen LogP contribution in [0.2, 0.25) is 0 Å². The van der Waals surface area contributed by atoms with Crippen molar-refractivity contribution in [3.63, 3.8) is 0 Å². The molecule has 2 aliphatic rings. The standard InChI is InChI=1S/C18H18O2/c1-6-12-18(13-7-1)19-16-10-4-2-8-14(16)15-9-3-5-11-17(15)20-18/h2-5,8-11H,1,6-7,12-13H2. The lowest BCUT2D eigenvalue weighted by atomic mass is 9.94. The van der Waals surface area contributed by atoms with Crippen LogP contribution < -0.4 is 9.47 Å². The van der Waals surface area contributed by atoms with Gasteiger partial charge in [0, 0.05) is 24.0 Å². The Balaban J connectivity index is 1.89. The van der Waals surface area contributed by atoms with Crippen LogP contribution in [-0.4, -0.2) is 5.79 Å². The maximum atomic E-state index is 6.35. The molecule has 0 bridgehead atoms. The van der Waals surface area contributed by atoms with E-state index in [2.05, 4.69) is 36.4 Å². The summed E-state index contributed by atoms with van der Waals surface area (Å²) in [5, 5.41) is 0. The lowest BCUT2D eigenvalue weighted by Crippen LogP contribution is -2.43. The number of rotatable bonds is 0. The first-order valence-electron chi connectivity index (χ1n) is 7.43. The maximum Gasteiger partial charge on any atom is 0.251 e. The predicted molar refractivity (Wildman–Crippen MR) is 79.0 cm³/mol. The Morgan fingerprint density at radius 3 is 1.70 bits per heavy atom. The average Bonchev–Trinajstić information content (AvgIpc) is 2.62. The summed E-state index contributed by atoms with van der Waals surface area (Å²) < 4.78 is 12.7. The van der Waals surface area contributed by atoms with Gasteiger partial charge >= 0.3 is 0 Å². The molecule has 1 saturated carbocycles. The van der Waals surface area contributed by atoms with Gasteiger partial charge in [-0.3, -0.25) is 0 Å². The molecule has 20 heavy (non-hydrogen) atoms. The van der Waals surface area contributed by atoms with Gasteiger partial charge in [0.25, 0.3) is 5.79 Å². The molecule has 1 spiro atoms. The van der Waals surface area contributed by atoms with E-state index in [9.17, 15) is 0 Å². The molecule has 0 atom stereocenters. The lowest BCUT2D eigenvalue weighted by molar-refractivity contribution is -0.134. The summed E-state index contributed by atoms with van der Waals surface area (Å²) in [6.07, 6.45) is 5.55. The van der Waals surface area contributed by atoms with Crippen molar-refractivity contribution >= 4 is 0 Å². The fraction of sp³-hybridized carbons (Fsp3) is 0.333. The molecule has 2 nitrogen and oxygen atoms in total. The topological polar surface area (TPSA) is 18.5 Å². The van der Waals surface area contributed by atoms with E-state index in [1.54, 1.807) is 0 Å². The van der Waals surface area contributed by atoms with Crippen molar-refractivity contribution in [2.24, 2.45) is 0 Å². The van der Waals surface area contributed by atoms with Crippen LogP contribution in [0.4, 0.5) is 0 Å². The summed E-state index contributed by atoms with van der Waals surface area (Å²) in [6, 6.07) is 16.5. The van der Waals surface area contributed by atoms with Gasteiger partial charge in [0.15, 0.2) is 0 Å². The van der Waals surface area contributed by atoms with Crippen LogP contribution in [0.5, 0.6) is 11.5 Å². The van der Waals surface area contributed by atoms with E-state index in [0.717, 1.165) is 35.5 Å². The Hall–Kier alpha value is -1.96. The van der Waals surface area contributed by atoms with Crippen LogP contribution in [0.15, 0.2) is 48.5 Å². The molecular weight excluding hydrogens is 248 g/mol. The summed E-state index contributed by atoms with van der Waals surface area (Å²) >= 11 is 0. The molecule has 0 aromatic heterocycles. The molecule has 2 aromatic carbocycles. The zero-order valence-electron chi connectivity index (χ0n) is 11.5. The summed E-state index contributed by atoms with van der Waals surface area (Å²) in [6.45, 7) is 0. The molecule has 1 fully saturated rings. The molecule has 1 aliphatic heterocycles. The van der Waals surface area contributed by atoms with Crippen LogP contribution >= 0.6 is 0 Å². The molecule has 102 valence electrons. The number of benzene rings is 2. The zero-order chi connectivity index (χ0) is 13.4. The molecule has 0 unspecified atom stereocenters. The number of hydrogen-bond acceptors (Lipinski definition) is 2. The Bertz CT molecular complexity index is 577. The molecule has 0 amide bonds. The highest BCUT2D eigenvalue weighted by molar-refractivity contribution is 5.76. The molecule has 1 aliphatic carbocycles. The largest absolute Gasteiger partial charge is 0.452 e. The number of hydrogen-bond donors (Lipinski definition) is 0. The maximum absolute atomic E-state index is 6.35. The van der Waals surface area contributed by atoms with Gasteiger partial charge in [0.05, 0.1) is 0 Å². The van der Waals surface area contributed by atoms with Gasteiger partial charge in [-0.25, -0.2) is 0 Å². The van der Waals surface area contributed by atoms with Crippen LogP contribution in [0.25, 0.3) is 11.1 Å². The van der Waals surface area contributed by atoms with Crippen molar-refractivity contribution < 1.29 is 9.47 Å². The molecule has 0 N–H and O–H groups in total. The minimum Gasteiger partial charge on any atom is -0.452 e. The average molecular weight is 266 g/mol. The third kappa shape index (κ3) is 1.87. The van der Waals surface area contributed by atoms with Crippen molar-refractivity contribution in [3.8, 4) is 22.6 Å².